The van der Waals surface area contributed by atoms with Crippen molar-refractivity contribution >= 4 is 17.5 Å². The van der Waals surface area contributed by atoms with Crippen molar-refractivity contribution in [3.8, 4) is 0 Å². The second-order valence-corrected chi connectivity index (χ2v) is 3.92. The molecule has 0 aliphatic heterocycles. The molecular formula is C13H19N3O2. The van der Waals surface area contributed by atoms with Crippen LogP contribution in [0.5, 0.6) is 0 Å². The summed E-state index contributed by atoms with van der Waals surface area (Å²) < 4.78 is 0. The van der Waals surface area contributed by atoms with Gasteiger partial charge in [-0.05, 0) is 31.5 Å². The van der Waals surface area contributed by atoms with Crippen LogP contribution in [0.3, 0.4) is 0 Å². The highest BCUT2D eigenvalue weighted by Crippen LogP contribution is 2.15. The van der Waals surface area contributed by atoms with E-state index in [1.807, 2.05) is 0 Å². The van der Waals surface area contributed by atoms with Crippen molar-refractivity contribution in [2.75, 3.05) is 18.9 Å². The van der Waals surface area contributed by atoms with Crippen LogP contribution in [0.25, 0.3) is 0 Å². The van der Waals surface area contributed by atoms with Crippen molar-refractivity contribution in [2.45, 2.75) is 19.3 Å². The minimum Gasteiger partial charge on any atom is -0.355 e. The Bertz CT molecular complexity index is 418. The first-order chi connectivity index (χ1) is 8.69. The lowest BCUT2D eigenvalue weighted by atomic mass is 10.1. The molecule has 2 amide bonds. The van der Waals surface area contributed by atoms with Gasteiger partial charge in [-0.1, -0.05) is 12.1 Å². The van der Waals surface area contributed by atoms with Crippen LogP contribution in [-0.4, -0.2) is 25.4 Å². The number of amides is 2. The van der Waals surface area contributed by atoms with Crippen molar-refractivity contribution < 1.29 is 9.59 Å². The topological polar surface area (TPSA) is 84.2 Å². The monoisotopic (exact) mass is 249 g/mol. The summed E-state index contributed by atoms with van der Waals surface area (Å²) in [7, 11) is 1.56. The Balaban J connectivity index is 2.66. The maximum absolute atomic E-state index is 11.7. The van der Waals surface area contributed by atoms with E-state index < -0.39 is 0 Å². The van der Waals surface area contributed by atoms with Crippen LogP contribution in [0.15, 0.2) is 24.3 Å². The van der Waals surface area contributed by atoms with Crippen LogP contribution < -0.4 is 16.4 Å². The van der Waals surface area contributed by atoms with Gasteiger partial charge in [-0.2, -0.15) is 0 Å². The molecule has 0 fully saturated rings. The molecule has 0 saturated heterocycles. The number of nitrogens with one attached hydrogen (secondary N) is 2. The average molecular weight is 249 g/mol. The number of carbonyl (C=O) groups is 2. The maximum atomic E-state index is 11.7. The number of hydrogen-bond donors (Lipinski definition) is 3. The molecule has 0 heterocycles. The smallest absolute Gasteiger partial charge is 0.253 e. The molecule has 1 aromatic carbocycles. The number of rotatable bonds is 6. The molecule has 0 unspecified atom stereocenters. The van der Waals surface area contributed by atoms with Crippen molar-refractivity contribution in [2.24, 2.45) is 5.73 Å². The molecule has 1 aromatic rings. The zero-order valence-electron chi connectivity index (χ0n) is 10.5. The highest BCUT2D eigenvalue weighted by molar-refractivity contribution is 6.03. The lowest BCUT2D eigenvalue weighted by Gasteiger charge is -2.09. The minimum absolute atomic E-state index is 0.0974. The number of benzene rings is 1. The number of anilines is 1. The largest absolute Gasteiger partial charge is 0.355 e. The summed E-state index contributed by atoms with van der Waals surface area (Å²) in [5.41, 5.74) is 6.37. The van der Waals surface area contributed by atoms with Crippen LogP contribution in [-0.2, 0) is 4.79 Å². The highest BCUT2D eigenvalue weighted by Gasteiger charge is 2.11. The Kier molecular flexibility index (Phi) is 5.87. The Morgan fingerprint density at radius 3 is 2.61 bits per heavy atom. The summed E-state index contributed by atoms with van der Waals surface area (Å²) in [5.74, 6) is -0.312. The van der Waals surface area contributed by atoms with Gasteiger partial charge < -0.3 is 16.4 Å². The maximum Gasteiger partial charge on any atom is 0.253 e. The number of unbranched alkanes of at least 4 members (excludes halogenated alkanes) is 1. The summed E-state index contributed by atoms with van der Waals surface area (Å²) in [4.78, 5) is 23.3. The predicted molar refractivity (Wildman–Crippen MR) is 71.4 cm³/mol. The zero-order chi connectivity index (χ0) is 13.4. The molecule has 0 aliphatic carbocycles. The third kappa shape index (κ3) is 4.18. The van der Waals surface area contributed by atoms with Gasteiger partial charge in [0.2, 0.25) is 5.91 Å². The van der Waals surface area contributed by atoms with Crippen molar-refractivity contribution in [1.29, 1.82) is 0 Å². The third-order valence-corrected chi connectivity index (χ3v) is 2.53. The van der Waals surface area contributed by atoms with E-state index in [1.165, 1.54) is 0 Å². The fourth-order valence-electron chi connectivity index (χ4n) is 1.57. The lowest BCUT2D eigenvalue weighted by Crippen LogP contribution is -2.21. The van der Waals surface area contributed by atoms with E-state index in [0.29, 0.717) is 24.2 Å². The molecule has 0 saturated carbocycles. The molecule has 1 rings (SSSR count). The van der Waals surface area contributed by atoms with Crippen LogP contribution >= 0.6 is 0 Å². The second kappa shape index (κ2) is 7.45. The van der Waals surface area contributed by atoms with Gasteiger partial charge in [0.05, 0.1) is 11.3 Å². The molecule has 5 heteroatoms. The molecule has 0 aliphatic rings. The molecule has 5 nitrogen and oxygen atoms in total. The summed E-state index contributed by atoms with van der Waals surface area (Å²) in [6.45, 7) is 0.585. The minimum atomic E-state index is -0.215. The van der Waals surface area contributed by atoms with Gasteiger partial charge in [0.25, 0.3) is 5.91 Å². The van der Waals surface area contributed by atoms with Gasteiger partial charge in [0.15, 0.2) is 0 Å². The van der Waals surface area contributed by atoms with Crippen LogP contribution in [0.4, 0.5) is 5.69 Å². The Hall–Kier alpha value is -1.88. The average Bonchev–Trinajstić information content (AvgIpc) is 2.39. The van der Waals surface area contributed by atoms with Gasteiger partial charge >= 0.3 is 0 Å². The first-order valence-corrected chi connectivity index (χ1v) is 6.00. The van der Waals surface area contributed by atoms with E-state index >= 15 is 0 Å². The van der Waals surface area contributed by atoms with Gasteiger partial charge in [0.1, 0.15) is 0 Å². The summed E-state index contributed by atoms with van der Waals surface area (Å²) >= 11 is 0. The molecule has 4 N–H and O–H groups in total. The summed E-state index contributed by atoms with van der Waals surface area (Å²) in [6, 6.07) is 6.93. The fourth-order valence-corrected chi connectivity index (χ4v) is 1.57. The normalized spacial score (nSPS) is 9.89. The van der Waals surface area contributed by atoms with E-state index in [2.05, 4.69) is 10.6 Å². The van der Waals surface area contributed by atoms with Crippen molar-refractivity contribution in [3.05, 3.63) is 29.8 Å². The number of nitrogens with two attached hydrogens (primary N) is 1. The SMILES string of the molecule is CNC(=O)c1ccccc1NC(=O)CCCCN. The third-order valence-electron chi connectivity index (χ3n) is 2.53. The van der Waals surface area contributed by atoms with Crippen molar-refractivity contribution in [1.82, 2.24) is 5.32 Å². The molecule has 0 spiro atoms. The van der Waals surface area contributed by atoms with Crippen molar-refractivity contribution in [3.63, 3.8) is 0 Å². The Labute approximate surface area is 107 Å². The molecule has 98 valence electrons. The van der Waals surface area contributed by atoms with Crippen LogP contribution in [0, 0.1) is 0 Å². The van der Waals surface area contributed by atoms with E-state index in [4.69, 9.17) is 5.73 Å². The first-order valence-electron chi connectivity index (χ1n) is 6.00. The molecule has 18 heavy (non-hydrogen) atoms. The fraction of sp³-hybridized carbons (Fsp3) is 0.385. The quantitative estimate of drug-likeness (QED) is 0.660. The van der Waals surface area contributed by atoms with Gasteiger partial charge in [-0.15, -0.1) is 0 Å². The molecule has 0 radical (unpaired) electrons. The molecule has 0 atom stereocenters. The Morgan fingerprint density at radius 2 is 1.94 bits per heavy atom. The van der Waals surface area contributed by atoms with E-state index in [0.717, 1.165) is 12.8 Å². The predicted octanol–water partition coefficient (Wildman–Crippen LogP) is 1.11. The van der Waals surface area contributed by atoms with E-state index in [-0.39, 0.29) is 11.8 Å². The highest BCUT2D eigenvalue weighted by atomic mass is 16.2. The molecular weight excluding hydrogens is 230 g/mol. The molecule has 0 bridgehead atoms. The van der Waals surface area contributed by atoms with Gasteiger partial charge in [-0.25, -0.2) is 0 Å². The van der Waals surface area contributed by atoms with Crippen LogP contribution in [0.2, 0.25) is 0 Å². The number of hydrogen-bond acceptors (Lipinski definition) is 3. The van der Waals surface area contributed by atoms with Crippen LogP contribution in [0.1, 0.15) is 29.6 Å². The molecule has 0 aromatic heterocycles. The standard InChI is InChI=1S/C13H19N3O2/c1-15-13(18)10-6-2-3-7-11(10)16-12(17)8-4-5-9-14/h2-3,6-7H,4-5,8-9,14H2,1H3,(H,15,18)(H,16,17). The summed E-state index contributed by atoms with van der Waals surface area (Å²) in [6.07, 6.45) is 1.99. The van der Waals surface area contributed by atoms with Gasteiger partial charge in [-0.3, -0.25) is 9.59 Å². The first kappa shape index (κ1) is 14.2. The lowest BCUT2D eigenvalue weighted by molar-refractivity contribution is -0.116. The number of carbonyl (C=O) groups excluding carboxylic acids is 2. The van der Waals surface area contributed by atoms with E-state index in [9.17, 15) is 9.59 Å². The number of para-hydroxylation sites is 1. The zero-order valence-corrected chi connectivity index (χ0v) is 10.5. The summed E-state index contributed by atoms with van der Waals surface area (Å²) in [5, 5.41) is 5.28. The Morgan fingerprint density at radius 1 is 1.22 bits per heavy atom. The van der Waals surface area contributed by atoms with Gasteiger partial charge in [0, 0.05) is 13.5 Å². The second-order valence-electron chi connectivity index (χ2n) is 3.92. The van der Waals surface area contributed by atoms with E-state index in [1.54, 1.807) is 31.3 Å².